The molecule has 0 saturated carbocycles. The monoisotopic (exact) mass is 287 g/mol. The molecule has 1 aliphatic heterocycles. The Balaban J connectivity index is 2.30. The molecule has 1 saturated heterocycles. The van der Waals surface area contributed by atoms with Crippen molar-refractivity contribution >= 4 is 27.5 Å². The van der Waals surface area contributed by atoms with Crippen LogP contribution in [-0.4, -0.2) is 24.4 Å². The molecule has 0 bridgehead atoms. The summed E-state index contributed by atoms with van der Waals surface area (Å²) < 4.78 is 18.6. The minimum Gasteiger partial charge on any atom is -0.497 e. The van der Waals surface area contributed by atoms with E-state index in [-0.39, 0.29) is 10.7 Å². The molecule has 1 amide bonds. The first-order chi connectivity index (χ1) is 7.61. The van der Waals surface area contributed by atoms with Gasteiger partial charge >= 0.3 is 0 Å². The number of benzene rings is 1. The van der Waals surface area contributed by atoms with Crippen LogP contribution in [0, 0.1) is 5.82 Å². The first-order valence-electron chi connectivity index (χ1n) is 4.90. The third-order valence-corrected chi connectivity index (χ3v) is 3.14. The number of ether oxygens (including phenoxy) is 1. The van der Waals surface area contributed by atoms with Gasteiger partial charge in [0.1, 0.15) is 5.75 Å². The average molecular weight is 288 g/mol. The second kappa shape index (κ2) is 4.41. The molecule has 5 heteroatoms. The second-order valence-corrected chi connectivity index (χ2v) is 4.92. The van der Waals surface area contributed by atoms with Crippen molar-refractivity contribution in [3.63, 3.8) is 0 Å². The van der Waals surface area contributed by atoms with E-state index in [1.54, 1.807) is 12.1 Å². The zero-order chi connectivity index (χ0) is 11.7. The smallest absolute Gasteiger partial charge is 0.228 e. The first-order valence-corrected chi connectivity index (χ1v) is 5.81. The summed E-state index contributed by atoms with van der Waals surface area (Å²) in [7, 11) is 1.48. The molecule has 1 aliphatic rings. The fourth-order valence-electron chi connectivity index (χ4n) is 1.73. The minimum absolute atomic E-state index is 0.0639. The van der Waals surface area contributed by atoms with Crippen molar-refractivity contribution in [2.24, 2.45) is 0 Å². The van der Waals surface area contributed by atoms with Crippen molar-refractivity contribution in [1.82, 2.24) is 0 Å². The zero-order valence-corrected chi connectivity index (χ0v) is 10.3. The molecular formula is C11H11BrFNO2. The third kappa shape index (κ3) is 2.04. The van der Waals surface area contributed by atoms with E-state index in [9.17, 15) is 9.18 Å². The van der Waals surface area contributed by atoms with Gasteiger partial charge in [0.2, 0.25) is 5.91 Å². The number of rotatable bonds is 2. The Labute approximate surface area is 101 Å². The van der Waals surface area contributed by atoms with E-state index in [0.29, 0.717) is 24.4 Å². The van der Waals surface area contributed by atoms with E-state index < -0.39 is 5.82 Å². The van der Waals surface area contributed by atoms with Crippen molar-refractivity contribution in [2.75, 3.05) is 18.6 Å². The van der Waals surface area contributed by atoms with Crippen LogP contribution in [-0.2, 0) is 4.79 Å². The van der Waals surface area contributed by atoms with Gasteiger partial charge in [0.15, 0.2) is 5.82 Å². The highest BCUT2D eigenvalue weighted by molar-refractivity contribution is 9.09. The molecule has 0 aliphatic carbocycles. The number of hydrogen-bond acceptors (Lipinski definition) is 2. The van der Waals surface area contributed by atoms with Crippen molar-refractivity contribution in [2.45, 2.75) is 11.2 Å². The molecule has 1 unspecified atom stereocenters. The van der Waals surface area contributed by atoms with Gasteiger partial charge in [-0.1, -0.05) is 15.9 Å². The van der Waals surface area contributed by atoms with Crippen LogP contribution in [0.4, 0.5) is 10.1 Å². The topological polar surface area (TPSA) is 29.5 Å². The van der Waals surface area contributed by atoms with Gasteiger partial charge in [0.05, 0.1) is 12.8 Å². The van der Waals surface area contributed by atoms with Gasteiger partial charge in [0, 0.05) is 23.9 Å². The molecule has 0 spiro atoms. The highest BCUT2D eigenvalue weighted by atomic mass is 79.9. The largest absolute Gasteiger partial charge is 0.497 e. The third-order valence-electron chi connectivity index (χ3n) is 2.52. The predicted molar refractivity (Wildman–Crippen MR) is 62.6 cm³/mol. The van der Waals surface area contributed by atoms with Crippen LogP contribution in [0.1, 0.15) is 6.42 Å². The van der Waals surface area contributed by atoms with Crippen LogP contribution in [0.15, 0.2) is 18.2 Å². The van der Waals surface area contributed by atoms with E-state index in [2.05, 4.69) is 15.9 Å². The Morgan fingerprint density at radius 1 is 1.56 bits per heavy atom. The van der Waals surface area contributed by atoms with Gasteiger partial charge < -0.3 is 9.64 Å². The first kappa shape index (κ1) is 11.4. The van der Waals surface area contributed by atoms with E-state index >= 15 is 0 Å². The van der Waals surface area contributed by atoms with Crippen LogP contribution in [0.25, 0.3) is 0 Å². The highest BCUT2D eigenvalue weighted by Crippen LogP contribution is 2.29. The molecule has 16 heavy (non-hydrogen) atoms. The fourth-order valence-corrected chi connectivity index (χ4v) is 2.30. The second-order valence-electron chi connectivity index (χ2n) is 3.62. The summed E-state index contributed by atoms with van der Waals surface area (Å²) in [6.07, 6.45) is 0.408. The fraction of sp³-hybridized carbons (Fsp3) is 0.364. The molecule has 0 N–H and O–H groups in total. The lowest BCUT2D eigenvalue weighted by Crippen LogP contribution is -2.25. The summed E-state index contributed by atoms with van der Waals surface area (Å²) in [4.78, 5) is 13.1. The highest BCUT2D eigenvalue weighted by Gasteiger charge is 2.30. The lowest BCUT2D eigenvalue weighted by molar-refractivity contribution is -0.117. The number of methoxy groups -OCH3 is 1. The van der Waals surface area contributed by atoms with Gasteiger partial charge in [-0.25, -0.2) is 4.39 Å². The van der Waals surface area contributed by atoms with Crippen molar-refractivity contribution < 1.29 is 13.9 Å². The SMILES string of the molecule is COc1ccc(N2CC(Br)CC2=O)c(F)c1. The molecular weight excluding hydrogens is 277 g/mol. The molecule has 0 radical (unpaired) electrons. The Hall–Kier alpha value is -1.10. The summed E-state index contributed by atoms with van der Waals surface area (Å²) in [5.74, 6) is -0.0523. The van der Waals surface area contributed by atoms with Crippen LogP contribution < -0.4 is 9.64 Å². The number of carbonyl (C=O) groups is 1. The maximum atomic E-state index is 13.7. The molecule has 1 heterocycles. The minimum atomic E-state index is -0.436. The standard InChI is InChI=1S/C11H11BrFNO2/c1-16-8-2-3-10(9(13)5-8)14-6-7(12)4-11(14)15/h2-3,5,7H,4,6H2,1H3. The molecule has 0 aromatic heterocycles. The summed E-state index contributed by atoms with van der Waals surface area (Å²) in [6, 6.07) is 4.49. The number of halogens is 2. The average Bonchev–Trinajstić information content (AvgIpc) is 2.57. The normalized spacial score (nSPS) is 20.3. The van der Waals surface area contributed by atoms with Crippen LogP contribution in [0.5, 0.6) is 5.75 Å². The number of hydrogen-bond donors (Lipinski definition) is 0. The van der Waals surface area contributed by atoms with E-state index in [1.165, 1.54) is 18.1 Å². The maximum Gasteiger partial charge on any atom is 0.228 e. The molecule has 3 nitrogen and oxygen atoms in total. The zero-order valence-electron chi connectivity index (χ0n) is 8.74. The summed E-state index contributed by atoms with van der Waals surface area (Å²) >= 11 is 3.36. The van der Waals surface area contributed by atoms with Gasteiger partial charge in [-0.05, 0) is 12.1 Å². The van der Waals surface area contributed by atoms with Crippen LogP contribution >= 0.6 is 15.9 Å². The van der Waals surface area contributed by atoms with Gasteiger partial charge in [-0.3, -0.25) is 4.79 Å². The van der Waals surface area contributed by atoms with Gasteiger partial charge in [-0.15, -0.1) is 0 Å². The van der Waals surface area contributed by atoms with E-state index in [1.807, 2.05) is 0 Å². The van der Waals surface area contributed by atoms with Crippen molar-refractivity contribution in [3.8, 4) is 5.75 Å². The molecule has 1 fully saturated rings. The predicted octanol–water partition coefficient (Wildman–Crippen LogP) is 2.33. The molecule has 1 aromatic carbocycles. The van der Waals surface area contributed by atoms with Crippen molar-refractivity contribution in [1.29, 1.82) is 0 Å². The Kier molecular flexibility index (Phi) is 3.14. The number of nitrogens with zero attached hydrogens (tertiary/aromatic N) is 1. The lowest BCUT2D eigenvalue weighted by atomic mass is 10.2. The van der Waals surface area contributed by atoms with Gasteiger partial charge in [0.25, 0.3) is 0 Å². The summed E-state index contributed by atoms with van der Waals surface area (Å²) in [6.45, 7) is 0.502. The Morgan fingerprint density at radius 2 is 2.31 bits per heavy atom. The molecule has 2 rings (SSSR count). The molecule has 1 atom stereocenters. The van der Waals surface area contributed by atoms with Crippen LogP contribution in [0.3, 0.4) is 0 Å². The number of carbonyl (C=O) groups excluding carboxylic acids is 1. The van der Waals surface area contributed by atoms with E-state index in [0.717, 1.165) is 0 Å². The van der Waals surface area contributed by atoms with Crippen molar-refractivity contribution in [3.05, 3.63) is 24.0 Å². The quantitative estimate of drug-likeness (QED) is 0.782. The summed E-state index contributed by atoms with van der Waals surface area (Å²) in [5.41, 5.74) is 0.313. The number of alkyl halides is 1. The van der Waals surface area contributed by atoms with E-state index in [4.69, 9.17) is 4.74 Å². The molecule has 86 valence electrons. The number of anilines is 1. The Morgan fingerprint density at radius 3 is 2.81 bits per heavy atom. The summed E-state index contributed by atoms with van der Waals surface area (Å²) in [5, 5.41) is 0. The maximum absolute atomic E-state index is 13.7. The van der Waals surface area contributed by atoms with Crippen LogP contribution in [0.2, 0.25) is 0 Å². The molecule has 1 aromatic rings. The number of amides is 1. The lowest BCUT2D eigenvalue weighted by Gasteiger charge is -2.17. The van der Waals surface area contributed by atoms with Gasteiger partial charge in [-0.2, -0.15) is 0 Å². The Bertz CT molecular complexity index is 424.